The molecule has 1 atom stereocenters. The van der Waals surface area contributed by atoms with Crippen LogP contribution in [0.15, 0.2) is 0 Å². The van der Waals surface area contributed by atoms with Gasteiger partial charge in [0.2, 0.25) is 6.29 Å². The van der Waals surface area contributed by atoms with Crippen molar-refractivity contribution in [2.75, 3.05) is 6.61 Å². The first-order valence-electron chi connectivity index (χ1n) is 5.76. The average Bonchev–Trinajstić information content (AvgIpc) is 2.28. The molecule has 0 radical (unpaired) electrons. The van der Waals surface area contributed by atoms with Crippen molar-refractivity contribution in [1.82, 2.24) is 0 Å². The lowest BCUT2D eigenvalue weighted by Crippen LogP contribution is -2.25. The smallest absolute Gasteiger partial charge is 0.308 e. The fourth-order valence-electron chi connectivity index (χ4n) is 1.48. The first-order valence-corrected chi connectivity index (χ1v) is 5.76. The summed E-state index contributed by atoms with van der Waals surface area (Å²) in [4.78, 5) is 11.5. The van der Waals surface area contributed by atoms with Gasteiger partial charge in [0, 0.05) is 12.8 Å². The molecular weight excluding hydrogens is 206 g/mol. The van der Waals surface area contributed by atoms with Crippen LogP contribution >= 0.6 is 0 Å². The Hall–Kier alpha value is -1.08. The van der Waals surface area contributed by atoms with E-state index < -0.39 is 5.41 Å². The van der Waals surface area contributed by atoms with Gasteiger partial charge in [-0.25, -0.2) is 0 Å². The van der Waals surface area contributed by atoms with Crippen LogP contribution in [0.25, 0.3) is 0 Å². The minimum atomic E-state index is -0.466. The summed E-state index contributed by atoms with van der Waals surface area (Å²) in [7, 11) is 0. The highest BCUT2D eigenvalue weighted by atomic mass is 16.7. The van der Waals surface area contributed by atoms with E-state index in [4.69, 9.17) is 14.7 Å². The lowest BCUT2D eigenvalue weighted by atomic mass is 9.90. The summed E-state index contributed by atoms with van der Waals surface area (Å²) in [5.74, 6) is -0.268. The van der Waals surface area contributed by atoms with Gasteiger partial charge in [-0.3, -0.25) is 4.79 Å². The van der Waals surface area contributed by atoms with Crippen LogP contribution in [0.5, 0.6) is 0 Å². The van der Waals surface area contributed by atoms with E-state index in [0.717, 1.165) is 19.3 Å². The second-order valence-electron chi connectivity index (χ2n) is 4.78. The first-order chi connectivity index (χ1) is 7.53. The second kappa shape index (κ2) is 5.86. The Kier molecular flexibility index (Phi) is 4.75. The van der Waals surface area contributed by atoms with Crippen LogP contribution in [-0.4, -0.2) is 18.9 Å². The predicted octanol–water partition coefficient (Wildman–Crippen LogP) is 2.39. The monoisotopic (exact) mass is 225 g/mol. The Bertz CT molecular complexity index is 274. The number of carbonyl (C=O) groups is 1. The minimum absolute atomic E-state index is 0.268. The van der Waals surface area contributed by atoms with Crippen LogP contribution in [0, 0.1) is 16.7 Å². The van der Waals surface area contributed by atoms with Gasteiger partial charge < -0.3 is 9.47 Å². The van der Waals surface area contributed by atoms with E-state index >= 15 is 0 Å². The normalized spacial score (nSPS) is 21.2. The van der Waals surface area contributed by atoms with Crippen molar-refractivity contribution in [3.63, 3.8) is 0 Å². The molecule has 0 amide bonds. The van der Waals surface area contributed by atoms with Crippen LogP contribution in [0.4, 0.5) is 0 Å². The maximum Gasteiger partial charge on any atom is 0.308 e. The Labute approximate surface area is 96.5 Å². The highest BCUT2D eigenvalue weighted by Crippen LogP contribution is 2.22. The number of esters is 1. The molecule has 90 valence electrons. The molecule has 0 bridgehead atoms. The van der Waals surface area contributed by atoms with Gasteiger partial charge in [-0.1, -0.05) is 0 Å². The third kappa shape index (κ3) is 4.63. The molecule has 4 heteroatoms. The number of hydrogen-bond donors (Lipinski definition) is 0. The molecule has 1 saturated heterocycles. The van der Waals surface area contributed by atoms with Gasteiger partial charge in [-0.2, -0.15) is 5.26 Å². The van der Waals surface area contributed by atoms with Crippen molar-refractivity contribution >= 4 is 5.97 Å². The molecule has 0 spiro atoms. The van der Waals surface area contributed by atoms with Crippen LogP contribution in [0.1, 0.15) is 46.0 Å². The zero-order valence-electron chi connectivity index (χ0n) is 9.99. The van der Waals surface area contributed by atoms with Crippen molar-refractivity contribution < 1.29 is 14.3 Å². The van der Waals surface area contributed by atoms with E-state index in [0.29, 0.717) is 13.0 Å². The van der Waals surface area contributed by atoms with Crippen LogP contribution in [-0.2, 0) is 14.3 Å². The molecule has 1 heterocycles. The van der Waals surface area contributed by atoms with Crippen LogP contribution in [0.2, 0.25) is 0 Å². The lowest BCUT2D eigenvalue weighted by molar-refractivity contribution is -0.187. The number of ether oxygens (including phenoxy) is 2. The Morgan fingerprint density at radius 2 is 2.31 bits per heavy atom. The van der Waals surface area contributed by atoms with Crippen molar-refractivity contribution in [2.45, 2.75) is 52.2 Å². The highest BCUT2D eigenvalue weighted by molar-refractivity contribution is 5.69. The molecule has 1 aliphatic rings. The van der Waals surface area contributed by atoms with Crippen molar-refractivity contribution in [3.8, 4) is 6.07 Å². The third-order valence-corrected chi connectivity index (χ3v) is 2.66. The molecule has 0 N–H and O–H groups in total. The Morgan fingerprint density at radius 3 is 2.88 bits per heavy atom. The Morgan fingerprint density at radius 1 is 1.56 bits per heavy atom. The fourth-order valence-corrected chi connectivity index (χ4v) is 1.48. The van der Waals surface area contributed by atoms with Gasteiger partial charge in [-0.05, 0) is 33.1 Å². The van der Waals surface area contributed by atoms with Gasteiger partial charge in [0.15, 0.2) is 0 Å². The summed E-state index contributed by atoms with van der Waals surface area (Å²) in [6, 6.07) is 2.16. The van der Waals surface area contributed by atoms with E-state index in [1.54, 1.807) is 0 Å². The minimum Gasteiger partial charge on any atom is -0.436 e. The molecule has 16 heavy (non-hydrogen) atoms. The summed E-state index contributed by atoms with van der Waals surface area (Å²) in [5, 5.41) is 8.80. The van der Waals surface area contributed by atoms with Gasteiger partial charge in [0.25, 0.3) is 0 Å². The maximum atomic E-state index is 11.5. The summed E-state index contributed by atoms with van der Waals surface area (Å²) in [6.07, 6.45) is 3.30. The van der Waals surface area contributed by atoms with Crippen LogP contribution in [0.3, 0.4) is 0 Å². The maximum absolute atomic E-state index is 11.5. The number of hydrogen-bond acceptors (Lipinski definition) is 4. The highest BCUT2D eigenvalue weighted by Gasteiger charge is 2.22. The summed E-state index contributed by atoms with van der Waals surface area (Å²) >= 11 is 0. The predicted molar refractivity (Wildman–Crippen MR) is 58.3 cm³/mol. The summed E-state index contributed by atoms with van der Waals surface area (Å²) in [6.45, 7) is 4.30. The first kappa shape index (κ1) is 13.0. The van der Waals surface area contributed by atoms with Crippen molar-refractivity contribution in [3.05, 3.63) is 0 Å². The SMILES string of the molecule is CC(C)(C#N)CCC(=O)OC1CCCCO1. The van der Waals surface area contributed by atoms with E-state index in [2.05, 4.69) is 6.07 Å². The summed E-state index contributed by atoms with van der Waals surface area (Å²) in [5.41, 5.74) is -0.466. The van der Waals surface area contributed by atoms with E-state index in [9.17, 15) is 4.79 Å². The molecular formula is C12H19NO3. The standard InChI is InChI=1S/C12H19NO3/c1-12(2,9-13)7-6-10(14)16-11-5-3-4-8-15-11/h11H,3-8H2,1-2H3. The molecule has 1 rings (SSSR count). The van der Waals surface area contributed by atoms with Gasteiger partial charge in [-0.15, -0.1) is 0 Å². The average molecular weight is 225 g/mol. The zero-order valence-corrected chi connectivity index (χ0v) is 9.99. The molecule has 0 aliphatic carbocycles. The van der Waals surface area contributed by atoms with Crippen LogP contribution < -0.4 is 0 Å². The van der Waals surface area contributed by atoms with Gasteiger partial charge in [0.05, 0.1) is 18.1 Å². The molecule has 0 aromatic carbocycles. The lowest BCUT2D eigenvalue weighted by Gasteiger charge is -2.23. The largest absolute Gasteiger partial charge is 0.436 e. The molecule has 4 nitrogen and oxygen atoms in total. The quantitative estimate of drug-likeness (QED) is 0.689. The van der Waals surface area contributed by atoms with E-state index in [-0.39, 0.29) is 18.7 Å². The van der Waals surface area contributed by atoms with Gasteiger partial charge in [0.1, 0.15) is 0 Å². The molecule has 1 unspecified atom stereocenters. The second-order valence-corrected chi connectivity index (χ2v) is 4.78. The number of rotatable bonds is 4. The number of carbonyl (C=O) groups excluding carboxylic acids is 1. The summed E-state index contributed by atoms with van der Waals surface area (Å²) < 4.78 is 10.5. The van der Waals surface area contributed by atoms with Crippen molar-refractivity contribution in [2.24, 2.45) is 5.41 Å². The molecule has 0 aromatic heterocycles. The number of nitriles is 1. The Balaban J connectivity index is 2.23. The molecule has 0 aromatic rings. The topological polar surface area (TPSA) is 59.3 Å². The van der Waals surface area contributed by atoms with E-state index in [1.807, 2.05) is 13.8 Å². The molecule has 1 aliphatic heterocycles. The fraction of sp³-hybridized carbons (Fsp3) is 0.833. The van der Waals surface area contributed by atoms with E-state index in [1.165, 1.54) is 0 Å². The third-order valence-electron chi connectivity index (χ3n) is 2.66. The molecule has 1 fully saturated rings. The number of nitrogens with zero attached hydrogens (tertiary/aromatic N) is 1. The van der Waals surface area contributed by atoms with Gasteiger partial charge >= 0.3 is 5.97 Å². The van der Waals surface area contributed by atoms with Crippen molar-refractivity contribution in [1.29, 1.82) is 5.26 Å². The zero-order chi connectivity index (χ0) is 12.0. The molecule has 0 saturated carbocycles.